The topological polar surface area (TPSA) is 12.5 Å². The second kappa shape index (κ2) is 14.2. The van der Waals surface area contributed by atoms with Gasteiger partial charge in [-0.1, -0.05) is 147 Å². The fraction of sp³-hybridized carbons (Fsp3) is 0.128. The molecule has 0 saturated heterocycles. The first kappa shape index (κ1) is 29.5. The molecule has 4 aliphatic rings. The average molecular weight is 590 g/mol. The molecule has 2 nitrogen and oxygen atoms in total. The van der Waals surface area contributed by atoms with Crippen LogP contribution in [0.3, 0.4) is 0 Å². The van der Waals surface area contributed by atoms with Crippen LogP contribution in [0.1, 0.15) is 42.7 Å². The molecule has 42 heavy (non-hydrogen) atoms. The Labute approximate surface area is 261 Å². The van der Waals surface area contributed by atoms with Crippen molar-refractivity contribution in [1.29, 1.82) is 0 Å². The summed E-state index contributed by atoms with van der Waals surface area (Å²) in [7, 11) is 0. The Morgan fingerprint density at radius 3 is 1.93 bits per heavy atom. The second-order valence-electron chi connectivity index (χ2n) is 10.3. The van der Waals surface area contributed by atoms with Crippen LogP contribution in [0.15, 0.2) is 162 Å². The minimum atomic E-state index is -0.194. The second-order valence-corrected chi connectivity index (χ2v) is 10.3. The molecule has 1 aliphatic heterocycles. The summed E-state index contributed by atoms with van der Waals surface area (Å²) in [5.41, 5.74) is 9.58. The largest absolute Gasteiger partial charge is 0.465 e. The number of rotatable bonds is 7. The number of hydrogen-bond acceptors (Lipinski definition) is 2. The molecule has 1 atom stereocenters. The van der Waals surface area contributed by atoms with Crippen LogP contribution in [-0.4, -0.2) is 11.4 Å². The normalized spacial score (nSPS) is 18.2. The van der Waals surface area contributed by atoms with Crippen molar-refractivity contribution in [3.05, 3.63) is 192 Å². The van der Waals surface area contributed by atoms with Gasteiger partial charge in [0.05, 0.1) is 5.70 Å². The smallest absolute Gasteiger partial charge is 0.198 e. The number of fused-ring (bicyclic) bond motifs is 1. The summed E-state index contributed by atoms with van der Waals surface area (Å²) in [4.78, 5) is 2.48. The number of hydrogen-bond donors (Lipinski definition) is 0. The van der Waals surface area contributed by atoms with E-state index in [1.807, 2.05) is 30.7 Å². The van der Waals surface area contributed by atoms with Crippen LogP contribution in [0, 0.1) is 12.8 Å². The van der Waals surface area contributed by atoms with E-state index in [2.05, 4.69) is 134 Å². The van der Waals surface area contributed by atoms with Crippen LogP contribution >= 0.6 is 0 Å². The predicted octanol–water partition coefficient (Wildman–Crippen LogP) is 9.59. The van der Waals surface area contributed by atoms with Crippen LogP contribution in [-0.2, 0) is 21.8 Å². The summed E-state index contributed by atoms with van der Waals surface area (Å²) in [5.74, 6) is 0.973. The van der Waals surface area contributed by atoms with Crippen LogP contribution in [0.25, 0.3) is 11.3 Å². The van der Waals surface area contributed by atoms with E-state index >= 15 is 0 Å². The monoisotopic (exact) mass is 589 g/mol. The average Bonchev–Trinajstić information content (AvgIpc) is 3.84. The zero-order valence-electron chi connectivity index (χ0n) is 23.8. The molecular formula is C39H35FeNO. The molecule has 2 radical (unpaired) electrons. The van der Waals surface area contributed by atoms with Gasteiger partial charge in [-0.2, -0.15) is 0 Å². The molecule has 3 aromatic carbocycles. The molecule has 0 fully saturated rings. The van der Waals surface area contributed by atoms with Gasteiger partial charge >= 0.3 is 0 Å². The Kier molecular flexibility index (Phi) is 9.98. The summed E-state index contributed by atoms with van der Waals surface area (Å²) in [6.07, 6.45) is 22.9. The Morgan fingerprint density at radius 1 is 0.714 bits per heavy atom. The van der Waals surface area contributed by atoms with E-state index in [0.717, 1.165) is 30.7 Å². The molecule has 210 valence electrons. The molecule has 1 heterocycles. The maximum atomic E-state index is 7.04. The Hall–Kier alpha value is -4.04. The van der Waals surface area contributed by atoms with Crippen LogP contribution in [0.4, 0.5) is 0 Å². The van der Waals surface area contributed by atoms with E-state index in [1.165, 1.54) is 39.1 Å². The maximum Gasteiger partial charge on any atom is 0.198 e. The number of allylic oxidation sites excluding steroid dienone is 11. The van der Waals surface area contributed by atoms with Gasteiger partial charge in [-0.3, -0.25) is 0 Å². The van der Waals surface area contributed by atoms with Crippen molar-refractivity contribution in [2.75, 3.05) is 6.54 Å². The molecule has 0 aromatic heterocycles. The van der Waals surface area contributed by atoms with Gasteiger partial charge in [-0.05, 0) is 34.8 Å². The van der Waals surface area contributed by atoms with E-state index in [0.29, 0.717) is 0 Å². The van der Waals surface area contributed by atoms with Crippen molar-refractivity contribution in [2.24, 2.45) is 0 Å². The quantitative estimate of drug-likeness (QED) is 0.255. The number of ether oxygens (including phenoxy) is 1. The van der Waals surface area contributed by atoms with Gasteiger partial charge in [0.25, 0.3) is 0 Å². The Bertz CT molecular complexity index is 1560. The van der Waals surface area contributed by atoms with Crippen LogP contribution < -0.4 is 0 Å². The summed E-state index contributed by atoms with van der Waals surface area (Å²) >= 11 is 0. The van der Waals surface area contributed by atoms with Crippen LogP contribution in [0.5, 0.6) is 0 Å². The summed E-state index contributed by atoms with van der Waals surface area (Å²) in [6.45, 7) is 3.17. The Balaban J connectivity index is 0.000000534. The molecule has 3 heteroatoms. The molecule has 0 saturated carbocycles. The van der Waals surface area contributed by atoms with Gasteiger partial charge in [0, 0.05) is 53.2 Å². The van der Waals surface area contributed by atoms with Gasteiger partial charge in [0.1, 0.15) is 5.76 Å². The van der Waals surface area contributed by atoms with E-state index in [4.69, 9.17) is 4.74 Å². The molecular weight excluding hydrogens is 554 g/mol. The molecule has 7 rings (SSSR count). The number of benzene rings is 3. The first-order chi connectivity index (χ1) is 20.3. The van der Waals surface area contributed by atoms with Crippen molar-refractivity contribution in [2.45, 2.75) is 26.0 Å². The van der Waals surface area contributed by atoms with Crippen molar-refractivity contribution in [3.63, 3.8) is 0 Å². The van der Waals surface area contributed by atoms with Gasteiger partial charge in [-0.15, -0.1) is 0 Å². The zero-order valence-corrected chi connectivity index (χ0v) is 24.9. The Morgan fingerprint density at radius 2 is 1.36 bits per heavy atom. The van der Waals surface area contributed by atoms with Crippen molar-refractivity contribution in [1.82, 2.24) is 4.90 Å². The molecule has 0 N–H and O–H groups in total. The zero-order chi connectivity index (χ0) is 27.9. The first-order valence-electron chi connectivity index (χ1n) is 14.5. The first-order valence-corrected chi connectivity index (χ1v) is 14.5. The molecule has 0 bridgehead atoms. The van der Waals surface area contributed by atoms with Crippen LogP contribution in [0.2, 0.25) is 0 Å². The van der Waals surface area contributed by atoms with E-state index in [-0.39, 0.29) is 23.3 Å². The molecule has 1 unspecified atom stereocenters. The van der Waals surface area contributed by atoms with Crippen molar-refractivity contribution in [3.8, 4) is 0 Å². The third-order valence-electron chi connectivity index (χ3n) is 7.56. The predicted molar refractivity (Wildman–Crippen MR) is 171 cm³/mol. The number of nitrogens with zero attached hydrogens (tertiary/aromatic N) is 1. The summed E-state index contributed by atoms with van der Waals surface area (Å²) in [6, 6.07) is 32.2. The standard InChI is InChI=1S/C34H30NO.C5H5.Fe/c1-2-3-23-35-32(27-19-9-5-10-20-27)31-29(25-15-7-4-8-16-25)24-30(26-17-13-14-18-26)33(31)36-34(35)28-21-11-6-12-22-28;1-2-4-5-3-1;/h4-22,24,34H,2-3,23H2,1H3;1-5H;. The molecule has 0 spiro atoms. The van der Waals surface area contributed by atoms with Gasteiger partial charge in [0.2, 0.25) is 0 Å². The molecule has 0 amide bonds. The maximum absolute atomic E-state index is 7.04. The minimum absolute atomic E-state index is 0. The van der Waals surface area contributed by atoms with Gasteiger partial charge in [-0.25, -0.2) is 0 Å². The fourth-order valence-electron chi connectivity index (χ4n) is 5.60. The summed E-state index contributed by atoms with van der Waals surface area (Å²) in [5, 5.41) is 0. The van der Waals surface area contributed by atoms with E-state index in [1.54, 1.807) is 0 Å². The molecule has 3 aliphatic carbocycles. The van der Waals surface area contributed by atoms with E-state index in [9.17, 15) is 0 Å². The van der Waals surface area contributed by atoms with Gasteiger partial charge < -0.3 is 9.64 Å². The third-order valence-corrected chi connectivity index (χ3v) is 7.56. The fourth-order valence-corrected chi connectivity index (χ4v) is 5.60. The third kappa shape index (κ3) is 6.23. The SMILES string of the molecule is CCCCN1C(c2ccccc2)=C2C(c3ccccc3)=CC(C3=C[CH]C=C3)=C2OC1c1ccccc1.[CH]1C=CC=C1.[Fe]. The van der Waals surface area contributed by atoms with Gasteiger partial charge in [0.15, 0.2) is 6.23 Å². The summed E-state index contributed by atoms with van der Waals surface area (Å²) < 4.78 is 7.04. The number of unbranched alkanes of at least 4 members (excludes halogenated alkanes) is 1. The van der Waals surface area contributed by atoms with E-state index < -0.39 is 0 Å². The van der Waals surface area contributed by atoms with Crippen molar-refractivity contribution >= 4 is 11.3 Å². The molecule has 3 aromatic rings. The minimum Gasteiger partial charge on any atom is -0.465 e. The van der Waals surface area contributed by atoms with Crippen molar-refractivity contribution < 1.29 is 21.8 Å².